The second kappa shape index (κ2) is 7.65. The normalized spacial score (nSPS) is 19.4. The minimum atomic E-state index is 0.189. The molecule has 0 bridgehead atoms. The molecular weight excluding hydrogens is 250 g/mol. The maximum atomic E-state index is 6.00. The van der Waals surface area contributed by atoms with Crippen LogP contribution in [0.4, 0.5) is 0 Å². The Bertz CT molecular complexity index is 419. The van der Waals surface area contributed by atoms with Crippen LogP contribution in [0, 0.1) is 0 Å². The maximum absolute atomic E-state index is 6.00. The molecule has 2 rings (SSSR count). The molecule has 0 aliphatic heterocycles. The standard InChI is InChI=1S/C17H27NO2/c1-4-18-17-7-5-6-14-8-9-15(12-16(14)17)20-13(2)10-11-19-3/h8-9,12-13,17-18H,4-7,10-11H2,1-3H3. The predicted octanol–water partition coefficient (Wildman–Crippen LogP) is 3.48. The number of rotatable bonds is 7. The Hall–Kier alpha value is -1.06. The van der Waals surface area contributed by atoms with Crippen molar-refractivity contribution in [2.24, 2.45) is 0 Å². The highest BCUT2D eigenvalue weighted by molar-refractivity contribution is 5.39. The lowest BCUT2D eigenvalue weighted by Crippen LogP contribution is -2.25. The molecule has 1 aromatic carbocycles. The van der Waals surface area contributed by atoms with Crippen LogP contribution in [0.15, 0.2) is 18.2 Å². The molecule has 0 saturated carbocycles. The van der Waals surface area contributed by atoms with Gasteiger partial charge in [-0.1, -0.05) is 13.0 Å². The van der Waals surface area contributed by atoms with Crippen molar-refractivity contribution in [1.82, 2.24) is 5.32 Å². The van der Waals surface area contributed by atoms with Crippen LogP contribution in [-0.2, 0) is 11.2 Å². The molecular formula is C17H27NO2. The Morgan fingerprint density at radius 1 is 1.40 bits per heavy atom. The molecule has 0 spiro atoms. The molecule has 20 heavy (non-hydrogen) atoms. The number of hydrogen-bond donors (Lipinski definition) is 1. The largest absolute Gasteiger partial charge is 0.491 e. The van der Waals surface area contributed by atoms with E-state index < -0.39 is 0 Å². The third kappa shape index (κ3) is 3.97. The molecule has 3 nitrogen and oxygen atoms in total. The topological polar surface area (TPSA) is 30.5 Å². The van der Waals surface area contributed by atoms with Gasteiger partial charge in [0.2, 0.25) is 0 Å². The molecule has 0 radical (unpaired) electrons. The van der Waals surface area contributed by atoms with Crippen molar-refractivity contribution in [3.05, 3.63) is 29.3 Å². The highest BCUT2D eigenvalue weighted by Gasteiger charge is 2.20. The van der Waals surface area contributed by atoms with Gasteiger partial charge in [-0.3, -0.25) is 0 Å². The Morgan fingerprint density at radius 2 is 2.25 bits per heavy atom. The molecule has 112 valence electrons. The summed E-state index contributed by atoms with van der Waals surface area (Å²) >= 11 is 0. The van der Waals surface area contributed by atoms with E-state index in [2.05, 4.69) is 37.4 Å². The van der Waals surface area contributed by atoms with Crippen molar-refractivity contribution in [2.75, 3.05) is 20.3 Å². The van der Waals surface area contributed by atoms with E-state index in [1.807, 2.05) is 0 Å². The van der Waals surface area contributed by atoms with E-state index >= 15 is 0 Å². The average Bonchev–Trinajstić information content (AvgIpc) is 2.46. The monoisotopic (exact) mass is 277 g/mol. The van der Waals surface area contributed by atoms with Gasteiger partial charge in [0, 0.05) is 26.2 Å². The van der Waals surface area contributed by atoms with Crippen LogP contribution in [0.5, 0.6) is 5.75 Å². The van der Waals surface area contributed by atoms with Gasteiger partial charge in [0.1, 0.15) is 5.75 Å². The zero-order valence-electron chi connectivity index (χ0n) is 12.9. The second-order valence-electron chi connectivity index (χ2n) is 5.57. The first kappa shape index (κ1) is 15.3. The molecule has 1 aromatic rings. The number of fused-ring (bicyclic) bond motifs is 1. The molecule has 2 atom stereocenters. The summed E-state index contributed by atoms with van der Waals surface area (Å²) in [6, 6.07) is 7.06. The third-order valence-corrected chi connectivity index (χ3v) is 3.95. The van der Waals surface area contributed by atoms with Gasteiger partial charge in [0.05, 0.1) is 6.10 Å². The molecule has 1 aliphatic rings. The van der Waals surface area contributed by atoms with E-state index in [9.17, 15) is 0 Å². The van der Waals surface area contributed by atoms with Gasteiger partial charge in [-0.25, -0.2) is 0 Å². The van der Waals surface area contributed by atoms with Crippen molar-refractivity contribution in [1.29, 1.82) is 0 Å². The Labute approximate surface area is 122 Å². The molecule has 0 fully saturated rings. The highest BCUT2D eigenvalue weighted by Crippen LogP contribution is 2.32. The molecule has 3 heteroatoms. The van der Waals surface area contributed by atoms with Gasteiger partial charge in [-0.2, -0.15) is 0 Å². The summed E-state index contributed by atoms with van der Waals surface area (Å²) in [5.41, 5.74) is 2.90. The number of ether oxygens (including phenoxy) is 2. The number of nitrogens with one attached hydrogen (secondary N) is 1. The fourth-order valence-corrected chi connectivity index (χ4v) is 2.88. The number of methoxy groups -OCH3 is 1. The van der Waals surface area contributed by atoms with Crippen LogP contribution in [0.3, 0.4) is 0 Å². The minimum absolute atomic E-state index is 0.189. The fourth-order valence-electron chi connectivity index (χ4n) is 2.88. The highest BCUT2D eigenvalue weighted by atomic mass is 16.5. The SMILES string of the molecule is CCNC1CCCc2ccc(OC(C)CCOC)cc21. The van der Waals surface area contributed by atoms with Crippen molar-refractivity contribution in [3.63, 3.8) is 0 Å². The smallest absolute Gasteiger partial charge is 0.120 e. The zero-order chi connectivity index (χ0) is 14.4. The van der Waals surface area contributed by atoms with Crippen LogP contribution < -0.4 is 10.1 Å². The van der Waals surface area contributed by atoms with Gasteiger partial charge in [0.25, 0.3) is 0 Å². The van der Waals surface area contributed by atoms with Crippen LogP contribution in [0.25, 0.3) is 0 Å². The average molecular weight is 277 g/mol. The van der Waals surface area contributed by atoms with E-state index in [-0.39, 0.29) is 6.10 Å². The van der Waals surface area contributed by atoms with E-state index in [0.29, 0.717) is 6.04 Å². The summed E-state index contributed by atoms with van der Waals surface area (Å²) in [6.07, 6.45) is 4.80. The van der Waals surface area contributed by atoms with Crippen LogP contribution in [-0.4, -0.2) is 26.4 Å². The van der Waals surface area contributed by atoms with Crippen LogP contribution in [0.2, 0.25) is 0 Å². The van der Waals surface area contributed by atoms with Gasteiger partial charge in [-0.05, 0) is 56.0 Å². The van der Waals surface area contributed by atoms with Crippen molar-refractivity contribution in [2.45, 2.75) is 51.7 Å². The first-order valence-electron chi connectivity index (χ1n) is 7.76. The maximum Gasteiger partial charge on any atom is 0.120 e. The predicted molar refractivity (Wildman–Crippen MR) is 82.4 cm³/mol. The van der Waals surface area contributed by atoms with Crippen molar-refractivity contribution < 1.29 is 9.47 Å². The second-order valence-corrected chi connectivity index (χ2v) is 5.57. The third-order valence-electron chi connectivity index (χ3n) is 3.95. The summed E-state index contributed by atoms with van der Waals surface area (Å²) in [4.78, 5) is 0. The molecule has 1 aliphatic carbocycles. The lowest BCUT2D eigenvalue weighted by Gasteiger charge is -2.27. The summed E-state index contributed by atoms with van der Waals surface area (Å²) in [5.74, 6) is 0.983. The van der Waals surface area contributed by atoms with Crippen LogP contribution in [0.1, 0.15) is 50.3 Å². The summed E-state index contributed by atoms with van der Waals surface area (Å²) < 4.78 is 11.1. The quantitative estimate of drug-likeness (QED) is 0.827. The fraction of sp³-hybridized carbons (Fsp3) is 0.647. The number of benzene rings is 1. The van der Waals surface area contributed by atoms with Gasteiger partial charge in [0.15, 0.2) is 0 Å². The molecule has 0 amide bonds. The number of aryl methyl sites for hydroxylation is 1. The van der Waals surface area contributed by atoms with Crippen LogP contribution >= 0.6 is 0 Å². The van der Waals surface area contributed by atoms with Crippen molar-refractivity contribution >= 4 is 0 Å². The minimum Gasteiger partial charge on any atom is -0.491 e. The van der Waals surface area contributed by atoms with Gasteiger partial charge >= 0.3 is 0 Å². The molecule has 0 saturated heterocycles. The van der Waals surface area contributed by atoms with E-state index in [0.717, 1.165) is 25.3 Å². The molecule has 2 unspecified atom stereocenters. The number of hydrogen-bond acceptors (Lipinski definition) is 3. The molecule has 1 N–H and O–H groups in total. The van der Waals surface area contributed by atoms with E-state index in [1.54, 1.807) is 7.11 Å². The van der Waals surface area contributed by atoms with Crippen molar-refractivity contribution in [3.8, 4) is 5.75 Å². The first-order chi connectivity index (χ1) is 9.74. The summed E-state index contributed by atoms with van der Waals surface area (Å²) in [6.45, 7) is 6.02. The van der Waals surface area contributed by atoms with E-state index in [1.165, 1.54) is 30.4 Å². The Balaban J connectivity index is 2.07. The van der Waals surface area contributed by atoms with Gasteiger partial charge in [-0.15, -0.1) is 0 Å². The zero-order valence-corrected chi connectivity index (χ0v) is 12.9. The summed E-state index contributed by atoms with van der Waals surface area (Å²) in [5, 5.41) is 3.58. The lowest BCUT2D eigenvalue weighted by atomic mass is 9.87. The lowest BCUT2D eigenvalue weighted by molar-refractivity contribution is 0.135. The van der Waals surface area contributed by atoms with Gasteiger partial charge < -0.3 is 14.8 Å². The molecule has 0 heterocycles. The summed E-state index contributed by atoms with van der Waals surface area (Å²) in [7, 11) is 1.73. The molecule has 0 aromatic heterocycles. The first-order valence-corrected chi connectivity index (χ1v) is 7.76. The van der Waals surface area contributed by atoms with E-state index in [4.69, 9.17) is 9.47 Å². The Kier molecular flexibility index (Phi) is 5.86. The Morgan fingerprint density at radius 3 is 3.00 bits per heavy atom.